The van der Waals surface area contributed by atoms with Crippen LogP contribution in [0.4, 0.5) is 8.78 Å². The second-order valence-corrected chi connectivity index (χ2v) is 8.57. The molecule has 2 heterocycles. The van der Waals surface area contributed by atoms with Crippen molar-refractivity contribution in [3.05, 3.63) is 54.2 Å². The Morgan fingerprint density at radius 3 is 2.49 bits per heavy atom. The fraction of sp³-hybridized carbons (Fsp3) is 0.458. The summed E-state index contributed by atoms with van der Waals surface area (Å²) in [5, 5.41) is 7.49. The Morgan fingerprint density at radius 1 is 1.11 bits per heavy atom. The maximum Gasteiger partial charge on any atom is 0.289 e. The van der Waals surface area contributed by atoms with Crippen LogP contribution >= 0.6 is 0 Å². The van der Waals surface area contributed by atoms with E-state index in [1.807, 2.05) is 0 Å². The summed E-state index contributed by atoms with van der Waals surface area (Å²) in [7, 11) is 0. The zero-order valence-electron chi connectivity index (χ0n) is 19.3. The molecule has 2 atom stereocenters. The number of pyridine rings is 1. The number of carbonyl (C=O) groups excluding carboxylic acids is 4. The topological polar surface area (TPSA) is 130 Å². The lowest BCUT2D eigenvalue weighted by molar-refractivity contribution is -0.140. The van der Waals surface area contributed by atoms with Crippen molar-refractivity contribution in [1.82, 2.24) is 20.9 Å². The second-order valence-electron chi connectivity index (χ2n) is 8.57. The Balaban J connectivity index is 1.58. The molecule has 3 amide bonds. The first-order valence-electron chi connectivity index (χ1n) is 11.4. The maximum atomic E-state index is 13.4. The lowest BCUT2D eigenvalue weighted by atomic mass is 9.86. The van der Waals surface area contributed by atoms with Crippen LogP contribution in [0.15, 0.2) is 47.2 Å². The number of carbonyl (C=O) groups is 4. The van der Waals surface area contributed by atoms with E-state index in [1.54, 1.807) is 36.5 Å². The molecule has 1 aliphatic rings. The van der Waals surface area contributed by atoms with E-state index < -0.39 is 47.4 Å². The first kappa shape index (κ1) is 26.0. The molecule has 2 aromatic heterocycles. The molecule has 0 aromatic carbocycles. The van der Waals surface area contributed by atoms with Gasteiger partial charge in [-0.3, -0.25) is 24.2 Å². The fourth-order valence-electron chi connectivity index (χ4n) is 3.75. The van der Waals surface area contributed by atoms with Gasteiger partial charge in [0.15, 0.2) is 0 Å². The van der Waals surface area contributed by atoms with Gasteiger partial charge in [-0.15, -0.1) is 0 Å². The molecule has 1 saturated carbocycles. The first-order chi connectivity index (χ1) is 16.6. The summed E-state index contributed by atoms with van der Waals surface area (Å²) in [5.41, 5.74) is 0.553. The Morgan fingerprint density at radius 2 is 1.86 bits per heavy atom. The van der Waals surface area contributed by atoms with Crippen molar-refractivity contribution in [3.8, 4) is 0 Å². The molecule has 1 fully saturated rings. The van der Waals surface area contributed by atoms with Crippen molar-refractivity contribution in [2.45, 2.75) is 63.6 Å². The number of rotatable bonds is 10. The van der Waals surface area contributed by atoms with Gasteiger partial charge in [0.05, 0.1) is 18.5 Å². The van der Waals surface area contributed by atoms with Crippen molar-refractivity contribution < 1.29 is 32.4 Å². The molecule has 9 nitrogen and oxygen atoms in total. The maximum absolute atomic E-state index is 13.4. The van der Waals surface area contributed by atoms with E-state index >= 15 is 0 Å². The summed E-state index contributed by atoms with van der Waals surface area (Å²) in [6.45, 7) is 1.44. The van der Waals surface area contributed by atoms with Crippen molar-refractivity contribution in [3.63, 3.8) is 0 Å². The number of aromatic nitrogens is 1. The SMILES string of the molecule is C[C@@H](NC(=O)C1CCC(F)(F)CC1)C(=O)N[C@H](Cc1ccco1)C(=O)C(=O)NCc1ccccn1. The average Bonchev–Trinajstić information content (AvgIpc) is 3.35. The molecule has 0 saturated heterocycles. The highest BCUT2D eigenvalue weighted by molar-refractivity contribution is 6.38. The number of furan rings is 1. The fourth-order valence-corrected chi connectivity index (χ4v) is 3.75. The zero-order valence-corrected chi connectivity index (χ0v) is 19.3. The summed E-state index contributed by atoms with van der Waals surface area (Å²) >= 11 is 0. The van der Waals surface area contributed by atoms with Crippen molar-refractivity contribution >= 4 is 23.5 Å². The number of hydrogen-bond acceptors (Lipinski definition) is 6. The van der Waals surface area contributed by atoms with E-state index in [9.17, 15) is 28.0 Å². The second kappa shape index (κ2) is 11.7. The summed E-state index contributed by atoms with van der Waals surface area (Å²) < 4.78 is 32.0. The molecule has 0 aliphatic heterocycles. The molecule has 0 bridgehead atoms. The molecule has 3 rings (SSSR count). The summed E-state index contributed by atoms with van der Waals surface area (Å²) in [6, 6.07) is 6.06. The minimum Gasteiger partial charge on any atom is -0.469 e. The van der Waals surface area contributed by atoms with Gasteiger partial charge in [0.2, 0.25) is 23.5 Å². The molecule has 188 valence electrons. The molecule has 0 unspecified atom stereocenters. The minimum absolute atomic E-state index is 0.0275. The van der Waals surface area contributed by atoms with E-state index in [0.29, 0.717) is 11.5 Å². The number of halogens is 2. The molecule has 3 N–H and O–H groups in total. The van der Waals surface area contributed by atoms with Gasteiger partial charge in [0, 0.05) is 31.4 Å². The van der Waals surface area contributed by atoms with Crippen LogP contribution in [0.25, 0.3) is 0 Å². The van der Waals surface area contributed by atoms with Gasteiger partial charge in [0.25, 0.3) is 5.91 Å². The third-order valence-electron chi connectivity index (χ3n) is 5.84. The number of ketones is 1. The van der Waals surface area contributed by atoms with Crippen LogP contribution < -0.4 is 16.0 Å². The van der Waals surface area contributed by atoms with Gasteiger partial charge in [-0.05, 0) is 44.0 Å². The van der Waals surface area contributed by atoms with Crippen LogP contribution in [-0.2, 0) is 32.1 Å². The highest BCUT2D eigenvalue weighted by Crippen LogP contribution is 2.36. The normalized spacial score (nSPS) is 17.1. The number of alkyl halides is 2. The third-order valence-corrected chi connectivity index (χ3v) is 5.84. The minimum atomic E-state index is -2.77. The van der Waals surface area contributed by atoms with Gasteiger partial charge < -0.3 is 20.4 Å². The Labute approximate surface area is 201 Å². The highest BCUT2D eigenvalue weighted by atomic mass is 19.3. The molecule has 11 heteroatoms. The summed E-state index contributed by atoms with van der Waals surface area (Å²) in [6.07, 6.45) is 2.19. The van der Waals surface area contributed by atoms with Crippen LogP contribution in [0.1, 0.15) is 44.1 Å². The zero-order chi connectivity index (χ0) is 25.4. The molecule has 35 heavy (non-hydrogen) atoms. The molecule has 0 spiro atoms. The standard InChI is InChI=1S/C24H28F2N4O5/c1-15(29-22(33)16-7-9-24(25,26)10-8-16)21(32)30-19(13-18-6-4-12-35-18)20(31)23(34)28-14-17-5-2-3-11-27-17/h2-6,11-12,15-16,19H,7-10,13-14H2,1H3,(H,28,34)(H,29,33)(H,30,32)/t15-,19-/m1/s1. The summed E-state index contributed by atoms with van der Waals surface area (Å²) in [5.74, 6) is -5.99. The number of nitrogens with zero attached hydrogens (tertiary/aromatic N) is 1. The number of Topliss-reactive ketones (excluding diaryl/α,β-unsaturated/α-hetero) is 1. The average molecular weight is 491 g/mol. The van der Waals surface area contributed by atoms with Crippen LogP contribution in [0.3, 0.4) is 0 Å². The quantitative estimate of drug-likeness (QED) is 0.436. The van der Waals surface area contributed by atoms with Crippen molar-refractivity contribution in [2.24, 2.45) is 5.92 Å². The molecular weight excluding hydrogens is 462 g/mol. The van der Waals surface area contributed by atoms with Crippen molar-refractivity contribution in [2.75, 3.05) is 0 Å². The number of amides is 3. The monoisotopic (exact) mass is 490 g/mol. The van der Waals surface area contributed by atoms with Crippen LogP contribution in [0.5, 0.6) is 0 Å². The van der Waals surface area contributed by atoms with E-state index in [1.165, 1.54) is 13.2 Å². The third kappa shape index (κ3) is 7.69. The van der Waals surface area contributed by atoms with Crippen LogP contribution in [-0.4, -0.2) is 46.5 Å². The van der Waals surface area contributed by atoms with Gasteiger partial charge >= 0.3 is 0 Å². The largest absolute Gasteiger partial charge is 0.469 e. The van der Waals surface area contributed by atoms with Gasteiger partial charge in [-0.1, -0.05) is 6.07 Å². The van der Waals surface area contributed by atoms with Crippen LogP contribution in [0.2, 0.25) is 0 Å². The van der Waals surface area contributed by atoms with E-state index in [-0.39, 0.29) is 38.6 Å². The lowest BCUT2D eigenvalue weighted by Crippen LogP contribution is -2.54. The first-order valence-corrected chi connectivity index (χ1v) is 11.4. The Bertz CT molecular complexity index is 1020. The van der Waals surface area contributed by atoms with Gasteiger partial charge in [0.1, 0.15) is 17.8 Å². The number of nitrogens with one attached hydrogen (secondary N) is 3. The number of hydrogen-bond donors (Lipinski definition) is 3. The van der Waals surface area contributed by atoms with Crippen LogP contribution in [0, 0.1) is 5.92 Å². The smallest absolute Gasteiger partial charge is 0.289 e. The van der Waals surface area contributed by atoms with E-state index in [0.717, 1.165) is 0 Å². The van der Waals surface area contributed by atoms with E-state index in [4.69, 9.17) is 4.42 Å². The lowest BCUT2D eigenvalue weighted by Gasteiger charge is -2.28. The van der Waals surface area contributed by atoms with Gasteiger partial charge in [-0.25, -0.2) is 8.78 Å². The van der Waals surface area contributed by atoms with Gasteiger partial charge in [-0.2, -0.15) is 0 Å². The highest BCUT2D eigenvalue weighted by Gasteiger charge is 2.38. The summed E-state index contributed by atoms with van der Waals surface area (Å²) in [4.78, 5) is 54.6. The molecular formula is C24H28F2N4O5. The van der Waals surface area contributed by atoms with E-state index in [2.05, 4.69) is 20.9 Å². The Kier molecular flexibility index (Phi) is 8.67. The molecule has 2 aromatic rings. The Hall–Kier alpha value is -3.63. The molecule has 0 radical (unpaired) electrons. The predicted octanol–water partition coefficient (Wildman–Crippen LogP) is 1.92. The molecule has 1 aliphatic carbocycles. The van der Waals surface area contributed by atoms with Crippen molar-refractivity contribution in [1.29, 1.82) is 0 Å². The predicted molar refractivity (Wildman–Crippen MR) is 120 cm³/mol.